The molecule has 4 unspecified atom stereocenters. The number of nitrogens with two attached hydrogens (primary N) is 2. The Morgan fingerprint density at radius 2 is 1.39 bits per heavy atom. The number of aromatic hydroxyl groups is 1. The van der Waals surface area contributed by atoms with Gasteiger partial charge in [0.1, 0.15) is 23.9 Å². The Labute approximate surface area is 211 Å². The zero-order chi connectivity index (χ0) is 27.4. The molecule has 0 fully saturated rings. The summed E-state index contributed by atoms with van der Waals surface area (Å²) < 4.78 is 0. The second-order valence-electron chi connectivity index (χ2n) is 7.78. The number of hydrogen-bond donors (Lipinski definition) is 9. The van der Waals surface area contributed by atoms with Crippen molar-refractivity contribution in [3.05, 3.63) is 29.8 Å². The first kappa shape index (κ1) is 30.2. The highest BCUT2D eigenvalue weighted by molar-refractivity contribution is 7.80. The van der Waals surface area contributed by atoms with Crippen LogP contribution in [-0.2, 0) is 35.2 Å². The fourth-order valence-electron chi connectivity index (χ4n) is 2.92. The minimum absolute atomic E-state index is 0.0541. The van der Waals surface area contributed by atoms with E-state index in [0.29, 0.717) is 5.56 Å². The fourth-order valence-corrected chi connectivity index (χ4v) is 3.09. The largest absolute Gasteiger partial charge is 0.508 e. The predicted molar refractivity (Wildman–Crippen MR) is 128 cm³/mol. The highest BCUT2D eigenvalue weighted by atomic mass is 32.1. The van der Waals surface area contributed by atoms with E-state index in [9.17, 15) is 39.0 Å². The standard InChI is InChI=1S/C21H29N5O9S/c22-12(9-36)18(31)24-13(5-6-17(29)30)19(32)25-14(7-10-1-3-11(27)4-2-10)20(33)26-15(21(34)35)8-16(23)28/h1-4,12-15,27,36H,5-9,22H2,(H2,23,28)(H,24,31)(H,25,32)(H,26,33)(H,29,30)(H,34,35). The van der Waals surface area contributed by atoms with Gasteiger partial charge in [-0.1, -0.05) is 12.1 Å². The lowest BCUT2D eigenvalue weighted by Gasteiger charge is -2.25. The summed E-state index contributed by atoms with van der Waals surface area (Å²) in [6.45, 7) is 0. The summed E-state index contributed by atoms with van der Waals surface area (Å²) in [5.74, 6) is -6.58. The van der Waals surface area contributed by atoms with Crippen LogP contribution < -0.4 is 27.4 Å². The molecular formula is C21H29N5O9S. The van der Waals surface area contributed by atoms with Crippen LogP contribution in [0.2, 0.25) is 0 Å². The number of benzene rings is 1. The zero-order valence-corrected chi connectivity index (χ0v) is 19.9. The van der Waals surface area contributed by atoms with E-state index in [2.05, 4.69) is 28.6 Å². The molecule has 0 spiro atoms. The molecule has 0 bridgehead atoms. The molecule has 14 nitrogen and oxygen atoms in total. The van der Waals surface area contributed by atoms with Gasteiger partial charge < -0.3 is 42.7 Å². The molecule has 0 aliphatic rings. The van der Waals surface area contributed by atoms with E-state index in [-0.39, 0.29) is 24.3 Å². The van der Waals surface area contributed by atoms with E-state index in [1.165, 1.54) is 24.3 Å². The van der Waals surface area contributed by atoms with E-state index in [1.807, 2.05) is 0 Å². The highest BCUT2D eigenvalue weighted by Crippen LogP contribution is 2.12. The van der Waals surface area contributed by atoms with Gasteiger partial charge in [0.2, 0.25) is 23.6 Å². The van der Waals surface area contributed by atoms with Gasteiger partial charge in [-0.2, -0.15) is 12.6 Å². The monoisotopic (exact) mass is 527 g/mol. The van der Waals surface area contributed by atoms with Crippen LogP contribution >= 0.6 is 12.6 Å². The normalized spacial score (nSPS) is 13.9. The number of carbonyl (C=O) groups is 6. The zero-order valence-electron chi connectivity index (χ0n) is 19.0. The number of amides is 4. The lowest BCUT2D eigenvalue weighted by atomic mass is 10.0. The molecule has 198 valence electrons. The molecular weight excluding hydrogens is 498 g/mol. The summed E-state index contributed by atoms with van der Waals surface area (Å²) >= 11 is 3.90. The molecule has 0 aliphatic carbocycles. The Kier molecular flexibility index (Phi) is 12.2. The van der Waals surface area contributed by atoms with Gasteiger partial charge in [-0.15, -0.1) is 0 Å². The van der Waals surface area contributed by atoms with E-state index in [1.54, 1.807) is 0 Å². The molecule has 0 radical (unpaired) electrons. The minimum Gasteiger partial charge on any atom is -0.508 e. The molecule has 0 saturated carbocycles. The van der Waals surface area contributed by atoms with Crippen molar-refractivity contribution in [2.24, 2.45) is 11.5 Å². The third kappa shape index (κ3) is 10.6. The number of rotatable bonds is 15. The average Bonchev–Trinajstić information content (AvgIpc) is 2.80. The van der Waals surface area contributed by atoms with Gasteiger partial charge in [-0.25, -0.2) is 4.79 Å². The van der Waals surface area contributed by atoms with Crippen LogP contribution in [0.5, 0.6) is 5.75 Å². The highest BCUT2D eigenvalue weighted by Gasteiger charge is 2.31. The lowest BCUT2D eigenvalue weighted by molar-refractivity contribution is -0.143. The summed E-state index contributed by atoms with van der Waals surface area (Å²) in [5.41, 5.74) is 11.1. The third-order valence-electron chi connectivity index (χ3n) is 4.84. The smallest absolute Gasteiger partial charge is 0.326 e. The second kappa shape index (κ2) is 14.5. The van der Waals surface area contributed by atoms with Crippen LogP contribution in [0.25, 0.3) is 0 Å². The minimum atomic E-state index is -1.68. The number of phenolic OH excluding ortho intramolecular Hbond substituents is 1. The maximum Gasteiger partial charge on any atom is 0.326 e. The summed E-state index contributed by atoms with van der Waals surface area (Å²) in [6, 6.07) is -0.0122. The summed E-state index contributed by atoms with van der Waals surface area (Å²) in [4.78, 5) is 71.7. The van der Waals surface area contributed by atoms with Gasteiger partial charge in [0, 0.05) is 18.6 Å². The van der Waals surface area contributed by atoms with Gasteiger partial charge in [0.05, 0.1) is 12.5 Å². The summed E-state index contributed by atoms with van der Waals surface area (Å²) in [7, 11) is 0. The summed E-state index contributed by atoms with van der Waals surface area (Å²) in [6.07, 6.45) is -1.72. The molecule has 0 aliphatic heterocycles. The number of carboxylic acids is 2. The topological polar surface area (TPSA) is 251 Å². The maximum absolute atomic E-state index is 13.0. The van der Waals surface area contributed by atoms with Gasteiger partial charge in [-0.05, 0) is 24.1 Å². The molecule has 4 atom stereocenters. The SMILES string of the molecule is NC(=O)CC(NC(=O)C(Cc1ccc(O)cc1)NC(=O)C(CCC(=O)O)NC(=O)C(N)CS)C(=O)O. The van der Waals surface area contributed by atoms with Crippen molar-refractivity contribution in [1.82, 2.24) is 16.0 Å². The number of carboxylic acid groups (broad SMARTS) is 2. The van der Waals surface area contributed by atoms with Crippen molar-refractivity contribution < 1.29 is 44.1 Å². The van der Waals surface area contributed by atoms with Crippen molar-refractivity contribution in [2.45, 2.75) is 49.9 Å². The molecule has 0 heterocycles. The van der Waals surface area contributed by atoms with Crippen LogP contribution in [0.15, 0.2) is 24.3 Å². The molecule has 0 saturated heterocycles. The quantitative estimate of drug-likeness (QED) is 0.108. The molecule has 1 aromatic rings. The first-order chi connectivity index (χ1) is 16.8. The second-order valence-corrected chi connectivity index (χ2v) is 8.15. The van der Waals surface area contributed by atoms with E-state index in [0.717, 1.165) is 0 Å². The molecule has 15 heteroatoms. The van der Waals surface area contributed by atoms with E-state index >= 15 is 0 Å². The number of hydrogen-bond acceptors (Lipinski definition) is 9. The van der Waals surface area contributed by atoms with Crippen molar-refractivity contribution in [1.29, 1.82) is 0 Å². The number of aliphatic carboxylic acids is 2. The Hall–Kier alpha value is -3.85. The Balaban J connectivity index is 3.18. The molecule has 0 aromatic heterocycles. The van der Waals surface area contributed by atoms with Crippen LogP contribution in [0.4, 0.5) is 0 Å². The van der Waals surface area contributed by atoms with Crippen molar-refractivity contribution in [3.63, 3.8) is 0 Å². The first-order valence-corrected chi connectivity index (χ1v) is 11.3. The van der Waals surface area contributed by atoms with Gasteiger partial charge in [-0.3, -0.25) is 24.0 Å². The van der Waals surface area contributed by atoms with Crippen LogP contribution in [0.3, 0.4) is 0 Å². The number of nitrogens with one attached hydrogen (secondary N) is 3. The Morgan fingerprint density at radius 1 is 0.861 bits per heavy atom. The third-order valence-corrected chi connectivity index (χ3v) is 5.24. The van der Waals surface area contributed by atoms with Crippen molar-refractivity contribution in [2.75, 3.05) is 5.75 Å². The van der Waals surface area contributed by atoms with Gasteiger partial charge in [0.15, 0.2) is 0 Å². The number of phenols is 1. The Morgan fingerprint density at radius 3 is 1.89 bits per heavy atom. The molecule has 1 aromatic carbocycles. The van der Waals surface area contributed by atoms with Crippen molar-refractivity contribution >= 4 is 48.2 Å². The van der Waals surface area contributed by atoms with Crippen LogP contribution in [-0.4, -0.2) is 80.8 Å². The predicted octanol–water partition coefficient (Wildman–Crippen LogP) is -2.53. The molecule has 10 N–H and O–H groups in total. The van der Waals surface area contributed by atoms with Crippen molar-refractivity contribution in [3.8, 4) is 5.75 Å². The molecule has 1 rings (SSSR count). The number of primary amides is 1. The van der Waals surface area contributed by atoms with Gasteiger partial charge >= 0.3 is 11.9 Å². The number of thiol groups is 1. The summed E-state index contributed by atoms with van der Waals surface area (Å²) in [5, 5.41) is 34.6. The molecule has 36 heavy (non-hydrogen) atoms. The van der Waals surface area contributed by atoms with E-state index < -0.39 is 72.6 Å². The lowest BCUT2D eigenvalue weighted by Crippen LogP contribution is -2.58. The average molecular weight is 528 g/mol. The molecule has 4 amide bonds. The van der Waals surface area contributed by atoms with Crippen LogP contribution in [0.1, 0.15) is 24.8 Å². The fraction of sp³-hybridized carbons (Fsp3) is 0.429. The number of carbonyl (C=O) groups excluding carboxylic acids is 4. The van der Waals surface area contributed by atoms with Crippen LogP contribution in [0, 0.1) is 0 Å². The first-order valence-electron chi connectivity index (χ1n) is 10.6. The van der Waals surface area contributed by atoms with E-state index in [4.69, 9.17) is 16.6 Å². The Bertz CT molecular complexity index is 973. The maximum atomic E-state index is 13.0. The van der Waals surface area contributed by atoms with Gasteiger partial charge in [0.25, 0.3) is 0 Å².